The van der Waals surface area contributed by atoms with Crippen LogP contribution in [0.25, 0.3) is 0 Å². The average Bonchev–Trinajstić information content (AvgIpc) is 3.41. The van der Waals surface area contributed by atoms with Gasteiger partial charge in [0.25, 0.3) is 5.91 Å². The lowest BCUT2D eigenvalue weighted by Crippen LogP contribution is -2.47. The lowest BCUT2D eigenvalue weighted by Gasteiger charge is -2.42. The van der Waals surface area contributed by atoms with E-state index in [1.54, 1.807) is 29.2 Å². The van der Waals surface area contributed by atoms with Crippen molar-refractivity contribution in [2.24, 2.45) is 0 Å². The molecule has 1 fully saturated rings. The zero-order valence-electron chi connectivity index (χ0n) is 26.4. The van der Waals surface area contributed by atoms with Gasteiger partial charge in [-0.15, -0.1) is 0 Å². The summed E-state index contributed by atoms with van der Waals surface area (Å²) in [5.74, 6) is -0.250. The van der Waals surface area contributed by atoms with Gasteiger partial charge < -0.3 is 15.1 Å². The molecule has 3 aromatic rings. The monoisotopic (exact) mass is 641 g/mol. The smallest absolute Gasteiger partial charge is 0.333 e. The number of anilines is 1. The number of nitriles is 1. The summed E-state index contributed by atoms with van der Waals surface area (Å²) in [4.78, 5) is 32.8. The molecule has 0 aromatic heterocycles. The zero-order valence-corrected chi connectivity index (χ0v) is 26.4. The van der Waals surface area contributed by atoms with Gasteiger partial charge in [0.15, 0.2) is 0 Å². The highest BCUT2D eigenvalue weighted by Gasteiger charge is 2.45. The number of alkyl halides is 3. The molecule has 7 nitrogen and oxygen atoms in total. The molecule has 1 N–H and O–H groups in total. The van der Waals surface area contributed by atoms with Crippen molar-refractivity contribution in [2.75, 3.05) is 37.6 Å². The van der Waals surface area contributed by atoms with Crippen molar-refractivity contribution in [3.05, 3.63) is 112 Å². The maximum absolute atomic E-state index is 13.9. The van der Waals surface area contributed by atoms with Crippen molar-refractivity contribution in [3.63, 3.8) is 0 Å². The molecule has 1 unspecified atom stereocenters. The molecule has 47 heavy (non-hydrogen) atoms. The lowest BCUT2D eigenvalue weighted by molar-refractivity contribution is -0.137. The summed E-state index contributed by atoms with van der Waals surface area (Å²) < 4.78 is 40.8. The molecule has 1 saturated heterocycles. The number of halogens is 3. The van der Waals surface area contributed by atoms with E-state index in [0.717, 1.165) is 63.9 Å². The molecule has 6 rings (SSSR count). The largest absolute Gasteiger partial charge is 0.416 e. The summed E-state index contributed by atoms with van der Waals surface area (Å²) in [6.45, 7) is 5.82. The van der Waals surface area contributed by atoms with Gasteiger partial charge in [-0.2, -0.15) is 18.4 Å². The molecule has 0 saturated carbocycles. The number of benzene rings is 3. The van der Waals surface area contributed by atoms with Gasteiger partial charge >= 0.3 is 12.2 Å². The second-order valence-electron chi connectivity index (χ2n) is 12.6. The van der Waals surface area contributed by atoms with Gasteiger partial charge in [-0.3, -0.25) is 9.69 Å². The van der Waals surface area contributed by atoms with Crippen molar-refractivity contribution in [1.29, 1.82) is 5.26 Å². The topological polar surface area (TPSA) is 79.7 Å². The molecule has 1 atom stereocenters. The van der Waals surface area contributed by atoms with Crippen molar-refractivity contribution < 1.29 is 22.8 Å². The highest BCUT2D eigenvalue weighted by atomic mass is 19.4. The van der Waals surface area contributed by atoms with E-state index in [1.165, 1.54) is 22.6 Å². The third-order valence-corrected chi connectivity index (χ3v) is 10.0. The first-order chi connectivity index (χ1) is 22.6. The number of urea groups is 1. The molecule has 244 valence electrons. The Labute approximate surface area is 273 Å². The van der Waals surface area contributed by atoms with Gasteiger partial charge in [0, 0.05) is 6.54 Å². The van der Waals surface area contributed by atoms with Gasteiger partial charge in [-0.05, 0) is 98.6 Å². The Bertz CT molecular complexity index is 1690. The van der Waals surface area contributed by atoms with Gasteiger partial charge in [-0.25, -0.2) is 4.79 Å². The fraction of sp³-hybridized carbons (Fsp3) is 0.378. The van der Waals surface area contributed by atoms with Crippen LogP contribution in [0.3, 0.4) is 0 Å². The van der Waals surface area contributed by atoms with Crippen LogP contribution in [-0.4, -0.2) is 54.5 Å². The second-order valence-corrected chi connectivity index (χ2v) is 12.6. The minimum atomic E-state index is -4.59. The van der Waals surface area contributed by atoms with E-state index in [9.17, 15) is 28.0 Å². The third-order valence-electron chi connectivity index (χ3n) is 10.0. The molecule has 3 aliphatic heterocycles. The maximum Gasteiger partial charge on any atom is 0.416 e. The van der Waals surface area contributed by atoms with Crippen LogP contribution in [-0.2, 0) is 16.4 Å². The fourth-order valence-corrected chi connectivity index (χ4v) is 7.25. The van der Waals surface area contributed by atoms with Gasteiger partial charge in [-0.1, -0.05) is 55.5 Å². The number of hydrogen-bond acceptors (Lipinski definition) is 4. The number of nitrogens with zero attached hydrogens (tertiary/aromatic N) is 4. The van der Waals surface area contributed by atoms with E-state index < -0.39 is 23.8 Å². The molecule has 10 heteroatoms. The van der Waals surface area contributed by atoms with Crippen LogP contribution in [0.5, 0.6) is 0 Å². The molecule has 0 spiro atoms. The Morgan fingerprint density at radius 2 is 1.64 bits per heavy atom. The molecule has 0 radical (unpaired) electrons. The van der Waals surface area contributed by atoms with Gasteiger partial charge in [0.1, 0.15) is 0 Å². The summed E-state index contributed by atoms with van der Waals surface area (Å²) in [6, 6.07) is 22.6. The Balaban J connectivity index is 1.15. The number of hydrogen-bond donors (Lipinski definition) is 1. The minimum Gasteiger partial charge on any atom is -0.333 e. The van der Waals surface area contributed by atoms with E-state index in [0.29, 0.717) is 28.9 Å². The number of carbonyl (C=O) groups is 2. The van der Waals surface area contributed by atoms with Gasteiger partial charge in [0.05, 0.1) is 46.7 Å². The molecular weight excluding hydrogens is 603 g/mol. The number of nitrogens with one attached hydrogen (secondary N) is 1. The molecular formula is C37H38F3N5O2. The molecule has 3 amide bonds. The highest BCUT2D eigenvalue weighted by molar-refractivity contribution is 6.07. The predicted octanol–water partition coefficient (Wildman–Crippen LogP) is 7.17. The summed E-state index contributed by atoms with van der Waals surface area (Å²) >= 11 is 0. The van der Waals surface area contributed by atoms with E-state index in [2.05, 4.69) is 53.5 Å². The molecule has 3 aliphatic rings. The minimum absolute atomic E-state index is 0.0431. The summed E-state index contributed by atoms with van der Waals surface area (Å²) in [7, 11) is 0. The maximum atomic E-state index is 13.9. The molecule has 3 aromatic carbocycles. The van der Waals surface area contributed by atoms with Crippen LogP contribution in [0.1, 0.15) is 67.3 Å². The van der Waals surface area contributed by atoms with Crippen LogP contribution in [0.15, 0.2) is 90.1 Å². The normalized spacial score (nSPS) is 19.9. The van der Waals surface area contributed by atoms with Crippen LogP contribution in [0.2, 0.25) is 0 Å². The molecule has 0 bridgehead atoms. The van der Waals surface area contributed by atoms with Crippen molar-refractivity contribution in [2.45, 2.75) is 56.7 Å². The Kier molecular flexibility index (Phi) is 9.11. The number of amides is 3. The standard InChI is InChI=1S/C37H38F3N5O2/c1-2-36(28-9-4-3-5-10-28)17-21-43(22-18-36)19-6-7-20-44-25-31-32(34(44)46)33(27-15-13-26(24-41)14-16-27)42-35(47)45(31)30-12-8-11-29(23-30)37(38,39)40/h3-5,8-16,23,33H,2,6-7,17-22,25H2,1H3,(H,42,47). The quantitative estimate of drug-likeness (QED) is 0.252. The van der Waals surface area contributed by atoms with E-state index in [-0.39, 0.29) is 23.6 Å². The average molecular weight is 642 g/mol. The van der Waals surface area contributed by atoms with Gasteiger partial charge in [0.2, 0.25) is 0 Å². The van der Waals surface area contributed by atoms with E-state index >= 15 is 0 Å². The summed E-state index contributed by atoms with van der Waals surface area (Å²) in [6.07, 6.45) is 0.392. The predicted molar refractivity (Wildman–Crippen MR) is 173 cm³/mol. The first-order valence-corrected chi connectivity index (χ1v) is 16.2. The Morgan fingerprint density at radius 3 is 2.30 bits per heavy atom. The highest BCUT2D eigenvalue weighted by Crippen LogP contribution is 2.41. The van der Waals surface area contributed by atoms with Crippen LogP contribution < -0.4 is 10.2 Å². The first kappa shape index (κ1) is 32.3. The number of unbranched alkanes of at least 4 members (excludes halogenated alkanes) is 1. The van der Waals surface area contributed by atoms with Crippen LogP contribution >= 0.6 is 0 Å². The van der Waals surface area contributed by atoms with Crippen molar-refractivity contribution in [3.8, 4) is 6.07 Å². The SMILES string of the molecule is CCC1(c2ccccc2)CCN(CCCCN2CC3=C(C2=O)C(c2ccc(C#N)cc2)NC(=O)N3c2cccc(C(F)(F)F)c2)CC1. The van der Waals surface area contributed by atoms with Crippen LogP contribution in [0.4, 0.5) is 23.7 Å². The Morgan fingerprint density at radius 1 is 0.936 bits per heavy atom. The summed E-state index contributed by atoms with van der Waals surface area (Å²) in [5, 5.41) is 12.1. The number of rotatable bonds is 9. The van der Waals surface area contributed by atoms with E-state index in [1.807, 2.05) is 0 Å². The zero-order chi connectivity index (χ0) is 33.2. The lowest BCUT2D eigenvalue weighted by atomic mass is 9.71. The Hall–Kier alpha value is -4.62. The second kappa shape index (κ2) is 13.2. The number of piperidine rings is 1. The third kappa shape index (κ3) is 6.50. The number of carbonyl (C=O) groups excluding carboxylic acids is 2. The first-order valence-electron chi connectivity index (χ1n) is 16.2. The summed E-state index contributed by atoms with van der Waals surface area (Å²) in [5.41, 5.74) is 2.56. The molecule has 3 heterocycles. The van der Waals surface area contributed by atoms with E-state index in [4.69, 9.17) is 0 Å². The van der Waals surface area contributed by atoms with Crippen LogP contribution in [0, 0.1) is 11.3 Å². The molecule has 0 aliphatic carbocycles. The van der Waals surface area contributed by atoms with Crippen molar-refractivity contribution in [1.82, 2.24) is 15.1 Å². The fourth-order valence-electron chi connectivity index (χ4n) is 7.25. The van der Waals surface area contributed by atoms with Crippen molar-refractivity contribution >= 4 is 17.6 Å². The number of likely N-dealkylation sites (tertiary alicyclic amines) is 1.